The first-order valence-corrected chi connectivity index (χ1v) is 8.03. The van der Waals surface area contributed by atoms with Crippen LogP contribution >= 0.6 is 0 Å². The van der Waals surface area contributed by atoms with Crippen LogP contribution < -0.4 is 5.32 Å². The highest BCUT2D eigenvalue weighted by Crippen LogP contribution is 2.34. The number of carbonyl (C=O) groups is 1. The van der Waals surface area contributed by atoms with Gasteiger partial charge in [0.05, 0.1) is 18.5 Å². The summed E-state index contributed by atoms with van der Waals surface area (Å²) in [6.45, 7) is 2.65. The number of carbonyl (C=O) groups excluding carboxylic acids is 1. The largest absolute Gasteiger partial charge is 0.352 e. The first kappa shape index (κ1) is 15.3. The Morgan fingerprint density at radius 3 is 2.70 bits per heavy atom. The molecular formula is C16H27N3O. The summed E-state index contributed by atoms with van der Waals surface area (Å²) in [5.74, 6) is 0.926. The van der Waals surface area contributed by atoms with E-state index in [1.807, 2.05) is 7.05 Å². The average Bonchev–Trinajstić information content (AvgIpc) is 3.22. The van der Waals surface area contributed by atoms with Gasteiger partial charge >= 0.3 is 0 Å². The van der Waals surface area contributed by atoms with Gasteiger partial charge in [-0.2, -0.15) is 5.26 Å². The molecule has 1 amide bonds. The van der Waals surface area contributed by atoms with Crippen molar-refractivity contribution in [1.29, 1.82) is 5.26 Å². The van der Waals surface area contributed by atoms with Gasteiger partial charge in [0.25, 0.3) is 0 Å². The minimum atomic E-state index is 0.0850. The van der Waals surface area contributed by atoms with E-state index < -0.39 is 0 Å². The highest BCUT2D eigenvalue weighted by atomic mass is 16.2. The maximum absolute atomic E-state index is 11.9. The van der Waals surface area contributed by atoms with Crippen LogP contribution in [0, 0.1) is 23.2 Å². The summed E-state index contributed by atoms with van der Waals surface area (Å²) in [6.07, 6.45) is 7.93. The van der Waals surface area contributed by atoms with Crippen molar-refractivity contribution in [3.05, 3.63) is 0 Å². The summed E-state index contributed by atoms with van der Waals surface area (Å²) in [5.41, 5.74) is 0. The molecule has 2 rings (SSSR count). The van der Waals surface area contributed by atoms with Gasteiger partial charge in [-0.15, -0.1) is 0 Å². The van der Waals surface area contributed by atoms with Gasteiger partial charge in [-0.1, -0.05) is 19.8 Å². The van der Waals surface area contributed by atoms with Crippen molar-refractivity contribution < 1.29 is 4.79 Å². The van der Waals surface area contributed by atoms with Gasteiger partial charge < -0.3 is 5.32 Å². The van der Waals surface area contributed by atoms with Gasteiger partial charge in [-0.3, -0.25) is 9.69 Å². The van der Waals surface area contributed by atoms with Crippen LogP contribution in [0.25, 0.3) is 0 Å². The molecule has 0 aromatic carbocycles. The predicted molar refractivity (Wildman–Crippen MR) is 78.9 cm³/mol. The molecule has 2 fully saturated rings. The molecule has 0 saturated heterocycles. The quantitative estimate of drug-likeness (QED) is 0.810. The standard InChI is InChI=1S/C16H27N3O/c1-3-4-12-5-6-13(10-17)15(9-12)19(2)11-16(20)18-14-7-8-14/h12-15H,3-9,11H2,1-2H3,(H,18,20). The fraction of sp³-hybridized carbons (Fsp3) is 0.875. The molecule has 1 N–H and O–H groups in total. The van der Waals surface area contributed by atoms with Crippen molar-refractivity contribution in [2.45, 2.75) is 64.0 Å². The number of likely N-dealkylation sites (N-methyl/N-ethyl adjacent to an activating group) is 1. The third kappa shape index (κ3) is 4.21. The zero-order valence-electron chi connectivity index (χ0n) is 12.8. The van der Waals surface area contributed by atoms with E-state index in [1.54, 1.807) is 0 Å². The summed E-state index contributed by atoms with van der Waals surface area (Å²) in [6, 6.07) is 3.11. The summed E-state index contributed by atoms with van der Waals surface area (Å²) in [7, 11) is 2.00. The molecule has 0 spiro atoms. The second kappa shape index (κ2) is 7.08. The molecule has 0 radical (unpaired) electrons. The summed E-state index contributed by atoms with van der Waals surface area (Å²) in [5, 5.41) is 12.4. The molecule has 0 aromatic rings. The third-order valence-corrected chi connectivity index (χ3v) is 4.69. The predicted octanol–water partition coefficient (Wildman–Crippen LogP) is 2.31. The SMILES string of the molecule is CCCC1CCC(C#N)C(N(C)CC(=O)NC2CC2)C1. The molecule has 0 aliphatic heterocycles. The first-order chi connectivity index (χ1) is 9.63. The fourth-order valence-electron chi connectivity index (χ4n) is 3.38. The lowest BCUT2D eigenvalue weighted by Gasteiger charge is -2.38. The highest BCUT2D eigenvalue weighted by molar-refractivity contribution is 5.78. The number of nitrogens with zero attached hydrogens (tertiary/aromatic N) is 2. The molecule has 4 heteroatoms. The van der Waals surface area contributed by atoms with Crippen LogP contribution in [-0.2, 0) is 4.79 Å². The second-order valence-corrected chi connectivity index (χ2v) is 6.53. The van der Waals surface area contributed by atoms with Gasteiger partial charge in [-0.05, 0) is 45.1 Å². The Morgan fingerprint density at radius 1 is 1.35 bits per heavy atom. The second-order valence-electron chi connectivity index (χ2n) is 6.53. The van der Waals surface area contributed by atoms with E-state index in [4.69, 9.17) is 0 Å². The third-order valence-electron chi connectivity index (χ3n) is 4.69. The molecule has 2 aliphatic carbocycles. The zero-order chi connectivity index (χ0) is 14.5. The van der Waals surface area contributed by atoms with E-state index in [9.17, 15) is 10.1 Å². The monoisotopic (exact) mass is 277 g/mol. The Hall–Kier alpha value is -1.08. The van der Waals surface area contributed by atoms with Crippen molar-refractivity contribution in [3.8, 4) is 6.07 Å². The van der Waals surface area contributed by atoms with Crippen LogP contribution in [0.3, 0.4) is 0 Å². The van der Waals surface area contributed by atoms with Crippen LogP contribution in [0.4, 0.5) is 0 Å². The Labute approximate surface area is 122 Å². The summed E-state index contributed by atoms with van der Waals surface area (Å²) >= 11 is 0. The van der Waals surface area contributed by atoms with Crippen LogP contribution in [0.1, 0.15) is 51.9 Å². The Balaban J connectivity index is 1.87. The Bertz CT molecular complexity index is 372. The lowest BCUT2D eigenvalue weighted by Crippen LogP contribution is -2.46. The van der Waals surface area contributed by atoms with E-state index in [1.165, 1.54) is 19.3 Å². The van der Waals surface area contributed by atoms with Gasteiger partial charge in [0, 0.05) is 12.1 Å². The molecule has 0 bridgehead atoms. The van der Waals surface area contributed by atoms with Crippen molar-refractivity contribution in [1.82, 2.24) is 10.2 Å². The average molecular weight is 277 g/mol. The molecule has 2 saturated carbocycles. The fourth-order valence-corrected chi connectivity index (χ4v) is 3.38. The summed E-state index contributed by atoms with van der Waals surface area (Å²) in [4.78, 5) is 14.0. The Morgan fingerprint density at radius 2 is 2.10 bits per heavy atom. The van der Waals surface area contributed by atoms with Crippen molar-refractivity contribution in [3.63, 3.8) is 0 Å². The van der Waals surface area contributed by atoms with E-state index >= 15 is 0 Å². The van der Waals surface area contributed by atoms with Crippen LogP contribution in [0.15, 0.2) is 0 Å². The van der Waals surface area contributed by atoms with Crippen molar-refractivity contribution in [2.24, 2.45) is 11.8 Å². The van der Waals surface area contributed by atoms with E-state index in [0.29, 0.717) is 12.6 Å². The maximum atomic E-state index is 11.9. The number of hydrogen-bond acceptors (Lipinski definition) is 3. The number of rotatable bonds is 6. The van der Waals surface area contributed by atoms with Crippen LogP contribution in [0.2, 0.25) is 0 Å². The molecule has 3 atom stereocenters. The number of hydrogen-bond donors (Lipinski definition) is 1. The smallest absolute Gasteiger partial charge is 0.234 e. The minimum Gasteiger partial charge on any atom is -0.352 e. The molecule has 2 aliphatic rings. The van der Waals surface area contributed by atoms with Gasteiger partial charge in [0.1, 0.15) is 0 Å². The lowest BCUT2D eigenvalue weighted by molar-refractivity contribution is -0.123. The maximum Gasteiger partial charge on any atom is 0.234 e. The van der Waals surface area contributed by atoms with Gasteiger partial charge in [-0.25, -0.2) is 0 Å². The molecule has 4 nitrogen and oxygen atoms in total. The van der Waals surface area contributed by atoms with Gasteiger partial charge in [0.2, 0.25) is 5.91 Å². The van der Waals surface area contributed by atoms with Gasteiger partial charge in [0.15, 0.2) is 0 Å². The molecule has 0 aromatic heterocycles. The first-order valence-electron chi connectivity index (χ1n) is 8.03. The molecule has 20 heavy (non-hydrogen) atoms. The van der Waals surface area contributed by atoms with E-state index in [0.717, 1.165) is 31.6 Å². The van der Waals surface area contributed by atoms with E-state index in [2.05, 4.69) is 23.2 Å². The lowest BCUT2D eigenvalue weighted by atomic mass is 9.76. The van der Waals surface area contributed by atoms with Crippen LogP contribution in [-0.4, -0.2) is 36.5 Å². The van der Waals surface area contributed by atoms with E-state index in [-0.39, 0.29) is 17.9 Å². The molecule has 0 heterocycles. The van der Waals surface area contributed by atoms with Crippen molar-refractivity contribution in [2.75, 3.05) is 13.6 Å². The molecule has 112 valence electrons. The normalized spacial score (nSPS) is 30.0. The number of nitriles is 1. The Kier molecular flexibility index (Phi) is 5.42. The minimum absolute atomic E-state index is 0.0850. The number of amides is 1. The molecular weight excluding hydrogens is 250 g/mol. The molecule has 3 unspecified atom stereocenters. The zero-order valence-corrected chi connectivity index (χ0v) is 12.8. The number of nitrogens with one attached hydrogen (secondary N) is 1. The van der Waals surface area contributed by atoms with Crippen molar-refractivity contribution >= 4 is 5.91 Å². The van der Waals surface area contributed by atoms with Crippen LogP contribution in [0.5, 0.6) is 0 Å². The topological polar surface area (TPSA) is 56.1 Å². The summed E-state index contributed by atoms with van der Waals surface area (Å²) < 4.78 is 0. The highest BCUT2D eigenvalue weighted by Gasteiger charge is 2.34.